The van der Waals surface area contributed by atoms with Gasteiger partial charge in [-0.25, -0.2) is 4.79 Å². The van der Waals surface area contributed by atoms with Gasteiger partial charge in [0.25, 0.3) is 0 Å². The minimum Gasteiger partial charge on any atom is -0.493 e. The second-order valence-corrected chi connectivity index (χ2v) is 5.36. The van der Waals surface area contributed by atoms with Crippen molar-refractivity contribution < 1.29 is 14.6 Å². The van der Waals surface area contributed by atoms with Crippen LogP contribution in [0.2, 0.25) is 0 Å². The first-order chi connectivity index (χ1) is 9.25. The van der Waals surface area contributed by atoms with Crippen molar-refractivity contribution in [1.82, 2.24) is 0 Å². The fourth-order valence-corrected chi connectivity index (χ4v) is 2.64. The van der Waals surface area contributed by atoms with Crippen LogP contribution in [0.3, 0.4) is 0 Å². The maximum absolute atomic E-state index is 10.9. The molecule has 0 saturated heterocycles. The number of hydrogen-bond acceptors (Lipinski definition) is 2. The van der Waals surface area contributed by atoms with Gasteiger partial charge in [0.1, 0.15) is 5.75 Å². The van der Waals surface area contributed by atoms with Crippen molar-refractivity contribution in [3.05, 3.63) is 29.8 Å². The molecule has 0 aromatic heterocycles. The number of carboxylic acid groups (broad SMARTS) is 1. The van der Waals surface area contributed by atoms with Crippen LogP contribution >= 0.6 is 0 Å². The molecule has 1 aromatic rings. The van der Waals surface area contributed by atoms with E-state index in [0.29, 0.717) is 18.3 Å². The molecule has 0 radical (unpaired) electrons. The maximum Gasteiger partial charge on any atom is 0.335 e. The lowest BCUT2D eigenvalue weighted by Gasteiger charge is -2.20. The Bertz CT molecular complexity index is 406. The van der Waals surface area contributed by atoms with Crippen molar-refractivity contribution >= 4 is 5.97 Å². The first-order valence-electron chi connectivity index (χ1n) is 7.22. The van der Waals surface area contributed by atoms with Gasteiger partial charge in [-0.15, -0.1) is 0 Å². The molecule has 0 heterocycles. The lowest BCUT2D eigenvalue weighted by atomic mass is 9.92. The molecule has 0 unspecified atom stereocenters. The van der Waals surface area contributed by atoms with Gasteiger partial charge in [-0.3, -0.25) is 0 Å². The number of hydrogen-bond donors (Lipinski definition) is 1. The number of benzene rings is 1. The number of ether oxygens (including phenoxy) is 1. The van der Waals surface area contributed by atoms with E-state index in [1.54, 1.807) is 18.2 Å². The third-order valence-electron chi connectivity index (χ3n) is 3.79. The van der Waals surface area contributed by atoms with E-state index in [0.717, 1.165) is 0 Å². The molecule has 1 N–H and O–H groups in total. The van der Waals surface area contributed by atoms with Crippen LogP contribution in [0.1, 0.15) is 55.3 Å². The van der Waals surface area contributed by atoms with Crippen LogP contribution in [0.15, 0.2) is 24.3 Å². The van der Waals surface area contributed by atoms with Crippen LogP contribution in [0, 0.1) is 5.92 Å². The van der Waals surface area contributed by atoms with E-state index >= 15 is 0 Å². The molecule has 1 saturated carbocycles. The van der Waals surface area contributed by atoms with Crippen molar-refractivity contribution in [1.29, 1.82) is 0 Å². The summed E-state index contributed by atoms with van der Waals surface area (Å²) in [6.45, 7) is 0.711. The molecule has 19 heavy (non-hydrogen) atoms. The van der Waals surface area contributed by atoms with Crippen LogP contribution < -0.4 is 4.74 Å². The highest BCUT2D eigenvalue weighted by Crippen LogP contribution is 2.23. The Morgan fingerprint density at radius 1 is 1.16 bits per heavy atom. The molecule has 0 aliphatic heterocycles. The number of carboxylic acids is 1. The van der Waals surface area contributed by atoms with Gasteiger partial charge in [-0.05, 0) is 37.0 Å². The molecule has 1 fully saturated rings. The lowest BCUT2D eigenvalue weighted by molar-refractivity contribution is 0.0696. The Kier molecular flexibility index (Phi) is 5.25. The number of carbonyl (C=O) groups is 1. The Morgan fingerprint density at radius 2 is 1.84 bits per heavy atom. The van der Waals surface area contributed by atoms with Gasteiger partial charge in [-0.1, -0.05) is 38.2 Å². The highest BCUT2D eigenvalue weighted by atomic mass is 16.5. The van der Waals surface area contributed by atoms with E-state index in [1.165, 1.54) is 44.9 Å². The Labute approximate surface area is 114 Å². The smallest absolute Gasteiger partial charge is 0.335 e. The molecule has 0 amide bonds. The SMILES string of the molecule is O=C(O)c1cccc(OCC2CCCCCCC2)c1. The summed E-state index contributed by atoms with van der Waals surface area (Å²) in [5, 5.41) is 8.94. The molecule has 1 aromatic carbocycles. The summed E-state index contributed by atoms with van der Waals surface area (Å²) >= 11 is 0. The Balaban J connectivity index is 1.86. The van der Waals surface area contributed by atoms with Crippen LogP contribution in [0.25, 0.3) is 0 Å². The molecule has 0 spiro atoms. The largest absolute Gasteiger partial charge is 0.493 e. The van der Waals surface area contributed by atoms with Gasteiger partial charge in [0.15, 0.2) is 0 Å². The second-order valence-electron chi connectivity index (χ2n) is 5.36. The summed E-state index contributed by atoms with van der Waals surface area (Å²) in [5.41, 5.74) is 0.287. The summed E-state index contributed by atoms with van der Waals surface area (Å²) in [6.07, 6.45) is 9.11. The Morgan fingerprint density at radius 3 is 2.53 bits per heavy atom. The van der Waals surface area contributed by atoms with Crippen molar-refractivity contribution in [3.8, 4) is 5.75 Å². The van der Waals surface area contributed by atoms with Crippen molar-refractivity contribution in [2.75, 3.05) is 6.61 Å². The van der Waals surface area contributed by atoms with E-state index in [-0.39, 0.29) is 5.56 Å². The van der Waals surface area contributed by atoms with E-state index in [2.05, 4.69) is 0 Å². The second kappa shape index (κ2) is 7.17. The first-order valence-corrected chi connectivity index (χ1v) is 7.22. The molecule has 1 aliphatic rings. The van der Waals surface area contributed by atoms with E-state index in [9.17, 15) is 4.79 Å². The predicted octanol–water partition coefficient (Wildman–Crippen LogP) is 4.12. The summed E-state index contributed by atoms with van der Waals surface area (Å²) in [5.74, 6) is 0.382. The number of aromatic carboxylic acids is 1. The topological polar surface area (TPSA) is 46.5 Å². The summed E-state index contributed by atoms with van der Waals surface area (Å²) in [4.78, 5) is 10.9. The minimum atomic E-state index is -0.906. The molecule has 3 heteroatoms. The van der Waals surface area contributed by atoms with Crippen molar-refractivity contribution in [2.45, 2.75) is 44.9 Å². The third-order valence-corrected chi connectivity index (χ3v) is 3.79. The van der Waals surface area contributed by atoms with E-state index in [4.69, 9.17) is 9.84 Å². The van der Waals surface area contributed by atoms with Gasteiger partial charge < -0.3 is 9.84 Å². The predicted molar refractivity (Wildman–Crippen MR) is 74.7 cm³/mol. The van der Waals surface area contributed by atoms with Gasteiger partial charge in [0.05, 0.1) is 12.2 Å². The zero-order chi connectivity index (χ0) is 13.5. The van der Waals surface area contributed by atoms with Crippen molar-refractivity contribution in [3.63, 3.8) is 0 Å². The average molecular weight is 262 g/mol. The van der Waals surface area contributed by atoms with Crippen LogP contribution in [-0.2, 0) is 0 Å². The van der Waals surface area contributed by atoms with Crippen LogP contribution in [0.5, 0.6) is 5.75 Å². The Hall–Kier alpha value is -1.51. The highest BCUT2D eigenvalue weighted by Gasteiger charge is 2.12. The van der Waals surface area contributed by atoms with Crippen LogP contribution in [-0.4, -0.2) is 17.7 Å². The highest BCUT2D eigenvalue weighted by molar-refractivity contribution is 5.87. The summed E-state index contributed by atoms with van der Waals surface area (Å²) < 4.78 is 5.77. The first kappa shape index (κ1) is 13.9. The van der Waals surface area contributed by atoms with Gasteiger partial charge in [0, 0.05) is 0 Å². The van der Waals surface area contributed by atoms with Gasteiger partial charge in [0.2, 0.25) is 0 Å². The van der Waals surface area contributed by atoms with E-state index in [1.807, 2.05) is 6.07 Å². The third kappa shape index (κ3) is 4.58. The van der Waals surface area contributed by atoms with Gasteiger partial charge in [-0.2, -0.15) is 0 Å². The quantitative estimate of drug-likeness (QED) is 0.887. The average Bonchev–Trinajstić information content (AvgIpc) is 2.38. The monoisotopic (exact) mass is 262 g/mol. The molecule has 1 aliphatic carbocycles. The zero-order valence-corrected chi connectivity index (χ0v) is 11.3. The van der Waals surface area contributed by atoms with E-state index < -0.39 is 5.97 Å². The molecular weight excluding hydrogens is 240 g/mol. The molecule has 3 nitrogen and oxygen atoms in total. The molecule has 0 atom stereocenters. The molecule has 104 valence electrons. The molecule has 2 rings (SSSR count). The number of rotatable bonds is 4. The van der Waals surface area contributed by atoms with Crippen LogP contribution in [0.4, 0.5) is 0 Å². The maximum atomic E-state index is 10.9. The lowest BCUT2D eigenvalue weighted by Crippen LogP contribution is -2.13. The zero-order valence-electron chi connectivity index (χ0n) is 11.3. The fraction of sp³-hybridized carbons (Fsp3) is 0.562. The van der Waals surface area contributed by atoms with Gasteiger partial charge >= 0.3 is 5.97 Å². The normalized spacial score (nSPS) is 17.5. The summed E-state index contributed by atoms with van der Waals surface area (Å²) in [7, 11) is 0. The summed E-state index contributed by atoms with van der Waals surface area (Å²) in [6, 6.07) is 6.75. The molecular formula is C16H22O3. The standard InChI is InChI=1S/C16H22O3/c17-16(18)14-9-6-10-15(11-14)19-12-13-7-4-2-1-3-5-8-13/h6,9-11,13H,1-5,7-8,12H2,(H,17,18). The minimum absolute atomic E-state index is 0.287. The fourth-order valence-electron chi connectivity index (χ4n) is 2.64. The molecule has 0 bridgehead atoms. The van der Waals surface area contributed by atoms with Crippen molar-refractivity contribution in [2.24, 2.45) is 5.92 Å².